The molecule has 0 aliphatic rings. The monoisotopic (exact) mass is 477 g/mol. The van der Waals surface area contributed by atoms with E-state index in [2.05, 4.69) is 37.5 Å². The minimum atomic E-state index is -0.346. The molecule has 1 heterocycles. The van der Waals surface area contributed by atoms with Crippen LogP contribution in [0.3, 0.4) is 0 Å². The summed E-state index contributed by atoms with van der Waals surface area (Å²) in [5.41, 5.74) is 2.85. The van der Waals surface area contributed by atoms with Crippen LogP contribution in [-0.2, 0) is 17.9 Å². The molecule has 1 atom stereocenters. The van der Waals surface area contributed by atoms with Gasteiger partial charge in [0, 0.05) is 16.4 Å². The highest BCUT2D eigenvalue weighted by Gasteiger charge is 2.20. The first-order chi connectivity index (χ1) is 16.1. The summed E-state index contributed by atoms with van der Waals surface area (Å²) in [5.74, 6) is 0.702. The van der Waals surface area contributed by atoms with Crippen molar-refractivity contribution in [2.45, 2.75) is 30.4 Å². The Morgan fingerprint density at radius 3 is 2.30 bits per heavy atom. The van der Waals surface area contributed by atoms with E-state index in [0.717, 1.165) is 22.8 Å². The van der Waals surface area contributed by atoms with Gasteiger partial charge >= 0.3 is 0 Å². The Labute approximate surface area is 202 Å². The molecule has 0 aliphatic carbocycles. The van der Waals surface area contributed by atoms with Crippen molar-refractivity contribution in [1.29, 1.82) is 0 Å². The van der Waals surface area contributed by atoms with Gasteiger partial charge in [0.15, 0.2) is 11.0 Å². The Kier molecular flexibility index (Phi) is 7.65. The molecule has 3 aromatic carbocycles. The van der Waals surface area contributed by atoms with Gasteiger partial charge in [-0.05, 0) is 48.9 Å². The highest BCUT2D eigenvalue weighted by Crippen LogP contribution is 2.25. The van der Waals surface area contributed by atoms with Crippen molar-refractivity contribution >= 4 is 40.6 Å². The van der Waals surface area contributed by atoms with Crippen LogP contribution in [0.1, 0.15) is 18.3 Å². The van der Waals surface area contributed by atoms with Crippen LogP contribution in [0.2, 0.25) is 5.02 Å². The van der Waals surface area contributed by atoms with Gasteiger partial charge in [-0.25, -0.2) is 0 Å². The summed E-state index contributed by atoms with van der Waals surface area (Å²) >= 11 is 7.38. The van der Waals surface area contributed by atoms with Gasteiger partial charge in [0.05, 0.1) is 18.3 Å². The smallest absolute Gasteiger partial charge is 0.237 e. The first-order valence-corrected chi connectivity index (χ1v) is 11.8. The van der Waals surface area contributed by atoms with Crippen LogP contribution in [0.4, 0.5) is 11.4 Å². The second-order valence-electron chi connectivity index (χ2n) is 7.45. The number of thioether (sulfide) groups is 1. The molecule has 6 nitrogen and oxygen atoms in total. The van der Waals surface area contributed by atoms with Crippen molar-refractivity contribution in [3.8, 4) is 0 Å². The second-order valence-corrected chi connectivity index (χ2v) is 9.19. The number of benzene rings is 3. The molecule has 4 aromatic rings. The normalized spacial score (nSPS) is 11.7. The van der Waals surface area contributed by atoms with Crippen LogP contribution < -0.4 is 10.6 Å². The van der Waals surface area contributed by atoms with Gasteiger partial charge in [-0.1, -0.05) is 71.9 Å². The van der Waals surface area contributed by atoms with E-state index in [4.69, 9.17) is 11.6 Å². The maximum absolute atomic E-state index is 12.7. The standard InChI is InChI=1S/C25H24ClN5OS/c1-18(24(32)28-22-10-6-3-7-11-22)33-25-30-29-23(16-27-21-14-12-20(26)13-15-21)31(25)17-19-8-4-2-5-9-19/h2-15,18,27H,16-17H2,1H3,(H,28,32). The quantitative estimate of drug-likeness (QED) is 0.302. The summed E-state index contributed by atoms with van der Waals surface area (Å²) in [6.07, 6.45) is 0. The topological polar surface area (TPSA) is 71.8 Å². The molecule has 33 heavy (non-hydrogen) atoms. The van der Waals surface area contributed by atoms with Crippen molar-refractivity contribution in [2.24, 2.45) is 0 Å². The lowest BCUT2D eigenvalue weighted by atomic mass is 10.2. The van der Waals surface area contributed by atoms with E-state index < -0.39 is 0 Å². The van der Waals surface area contributed by atoms with Crippen molar-refractivity contribution in [3.05, 3.63) is 101 Å². The fourth-order valence-corrected chi connectivity index (χ4v) is 4.18. The third kappa shape index (κ3) is 6.37. The number of aromatic nitrogens is 3. The number of para-hydroxylation sites is 1. The minimum absolute atomic E-state index is 0.0821. The second kappa shape index (κ2) is 11.0. The number of hydrogen-bond acceptors (Lipinski definition) is 5. The van der Waals surface area contributed by atoms with Gasteiger partial charge in [-0.15, -0.1) is 10.2 Å². The van der Waals surface area contributed by atoms with E-state index in [9.17, 15) is 4.79 Å². The van der Waals surface area contributed by atoms with Crippen LogP contribution in [-0.4, -0.2) is 25.9 Å². The maximum atomic E-state index is 12.7. The molecule has 0 radical (unpaired) electrons. The van der Waals surface area contributed by atoms with Crippen molar-refractivity contribution in [1.82, 2.24) is 14.8 Å². The molecule has 0 saturated heterocycles. The van der Waals surface area contributed by atoms with Gasteiger partial charge in [-0.2, -0.15) is 0 Å². The molecule has 168 valence electrons. The molecule has 0 fully saturated rings. The van der Waals surface area contributed by atoms with E-state index in [1.807, 2.05) is 79.7 Å². The third-order valence-electron chi connectivity index (χ3n) is 4.96. The number of nitrogens with one attached hydrogen (secondary N) is 2. The Balaban J connectivity index is 1.50. The molecule has 1 unspecified atom stereocenters. The lowest BCUT2D eigenvalue weighted by Crippen LogP contribution is -2.23. The molecule has 1 aromatic heterocycles. The number of carbonyl (C=O) groups is 1. The van der Waals surface area contributed by atoms with Crippen LogP contribution in [0.15, 0.2) is 90.1 Å². The lowest BCUT2D eigenvalue weighted by molar-refractivity contribution is -0.115. The van der Waals surface area contributed by atoms with Gasteiger partial charge < -0.3 is 15.2 Å². The number of hydrogen-bond donors (Lipinski definition) is 2. The predicted octanol–water partition coefficient (Wildman–Crippen LogP) is 5.71. The van der Waals surface area contributed by atoms with Crippen molar-refractivity contribution in [2.75, 3.05) is 10.6 Å². The van der Waals surface area contributed by atoms with Crippen LogP contribution in [0, 0.1) is 0 Å². The summed E-state index contributed by atoms with van der Waals surface area (Å²) < 4.78 is 2.05. The molecule has 0 saturated carbocycles. The first-order valence-electron chi connectivity index (χ1n) is 10.6. The maximum Gasteiger partial charge on any atom is 0.237 e. The SMILES string of the molecule is CC(Sc1nnc(CNc2ccc(Cl)cc2)n1Cc1ccccc1)C(=O)Nc1ccccc1. The largest absolute Gasteiger partial charge is 0.378 e. The molecule has 1 amide bonds. The average molecular weight is 478 g/mol. The van der Waals surface area contributed by atoms with Gasteiger partial charge in [-0.3, -0.25) is 4.79 Å². The lowest BCUT2D eigenvalue weighted by Gasteiger charge is -2.14. The van der Waals surface area contributed by atoms with Gasteiger partial charge in [0.2, 0.25) is 5.91 Å². The number of anilines is 2. The molecule has 8 heteroatoms. The third-order valence-corrected chi connectivity index (χ3v) is 6.30. The van der Waals surface area contributed by atoms with Crippen LogP contribution in [0.25, 0.3) is 0 Å². The van der Waals surface area contributed by atoms with E-state index >= 15 is 0 Å². The molecular formula is C25H24ClN5OS. The fraction of sp³-hybridized carbons (Fsp3) is 0.160. The Hall–Kier alpha value is -3.29. The Morgan fingerprint density at radius 1 is 0.939 bits per heavy atom. The van der Waals surface area contributed by atoms with Crippen LogP contribution in [0.5, 0.6) is 0 Å². The van der Waals surface area contributed by atoms with E-state index in [1.165, 1.54) is 11.8 Å². The summed E-state index contributed by atoms with van der Waals surface area (Å²) in [4.78, 5) is 12.7. The molecule has 4 rings (SSSR count). The summed E-state index contributed by atoms with van der Waals surface area (Å²) in [5, 5.41) is 16.2. The highest BCUT2D eigenvalue weighted by molar-refractivity contribution is 8.00. The average Bonchev–Trinajstić information content (AvgIpc) is 3.21. The number of amides is 1. The van der Waals surface area contributed by atoms with Crippen LogP contribution >= 0.6 is 23.4 Å². The molecule has 0 bridgehead atoms. The number of nitrogens with zero attached hydrogens (tertiary/aromatic N) is 3. The van der Waals surface area contributed by atoms with Gasteiger partial charge in [0.25, 0.3) is 0 Å². The van der Waals surface area contributed by atoms with E-state index in [0.29, 0.717) is 23.3 Å². The molecular weight excluding hydrogens is 454 g/mol. The molecule has 0 aliphatic heterocycles. The number of halogens is 1. The van der Waals surface area contributed by atoms with E-state index in [-0.39, 0.29) is 11.2 Å². The fourth-order valence-electron chi connectivity index (χ4n) is 3.19. The van der Waals surface area contributed by atoms with Gasteiger partial charge in [0.1, 0.15) is 0 Å². The van der Waals surface area contributed by atoms with Crippen molar-refractivity contribution in [3.63, 3.8) is 0 Å². The number of rotatable bonds is 9. The zero-order valence-electron chi connectivity index (χ0n) is 18.1. The minimum Gasteiger partial charge on any atom is -0.378 e. The van der Waals surface area contributed by atoms with Crippen molar-refractivity contribution < 1.29 is 4.79 Å². The Morgan fingerprint density at radius 2 is 1.61 bits per heavy atom. The van der Waals surface area contributed by atoms with E-state index in [1.54, 1.807) is 0 Å². The molecule has 2 N–H and O–H groups in total. The Bertz CT molecular complexity index is 1180. The summed E-state index contributed by atoms with van der Waals surface area (Å²) in [6, 6.07) is 27.1. The summed E-state index contributed by atoms with van der Waals surface area (Å²) in [7, 11) is 0. The predicted molar refractivity (Wildman–Crippen MR) is 135 cm³/mol. The highest BCUT2D eigenvalue weighted by atomic mass is 35.5. The number of carbonyl (C=O) groups excluding carboxylic acids is 1. The zero-order chi connectivity index (χ0) is 23.0. The molecule has 0 spiro atoms. The summed E-state index contributed by atoms with van der Waals surface area (Å²) in [6.45, 7) is 2.98. The first kappa shape index (κ1) is 22.9. The zero-order valence-corrected chi connectivity index (χ0v) is 19.7.